The van der Waals surface area contributed by atoms with Gasteiger partial charge in [-0.05, 0) is 39.8 Å². The predicted molar refractivity (Wildman–Crippen MR) is 135 cm³/mol. The van der Waals surface area contributed by atoms with E-state index in [0.717, 1.165) is 40.9 Å². The fourth-order valence-electron chi connectivity index (χ4n) is 2.89. The van der Waals surface area contributed by atoms with Crippen LogP contribution in [0.3, 0.4) is 0 Å². The van der Waals surface area contributed by atoms with Gasteiger partial charge in [0.2, 0.25) is 0 Å². The molecule has 0 aliphatic carbocycles. The molecule has 0 saturated carbocycles. The second-order valence-electron chi connectivity index (χ2n) is 6.62. The maximum absolute atomic E-state index is 10.0. The minimum Gasteiger partial charge on any atom is -0.365 e. The molecule has 4 rings (SSSR count). The maximum Gasteiger partial charge on any atom is 0.182 e. The number of thiazole rings is 2. The SMILES string of the molecule is C#C.CNc1nc(-c2sc(C)nc2C)cs1.O=CCN1CCCCC1.c1ccccc1. The van der Waals surface area contributed by atoms with Crippen molar-refractivity contribution in [3.05, 3.63) is 52.5 Å². The van der Waals surface area contributed by atoms with Gasteiger partial charge < -0.3 is 10.1 Å². The van der Waals surface area contributed by atoms with E-state index in [-0.39, 0.29) is 0 Å². The summed E-state index contributed by atoms with van der Waals surface area (Å²) in [5, 5.41) is 7.14. The molecule has 5 nitrogen and oxygen atoms in total. The Morgan fingerprint density at radius 2 is 1.61 bits per heavy atom. The monoisotopic (exact) mass is 456 g/mol. The average molecular weight is 457 g/mol. The molecule has 0 unspecified atom stereocenters. The Morgan fingerprint density at radius 3 is 2.03 bits per heavy atom. The zero-order chi connectivity index (χ0) is 22.9. The third kappa shape index (κ3) is 10.4. The molecule has 7 heteroatoms. The number of hydrogen-bond donors (Lipinski definition) is 1. The van der Waals surface area contributed by atoms with Crippen molar-refractivity contribution in [2.75, 3.05) is 32.0 Å². The Labute approximate surface area is 194 Å². The van der Waals surface area contributed by atoms with Crippen molar-refractivity contribution in [1.82, 2.24) is 14.9 Å². The van der Waals surface area contributed by atoms with Crippen LogP contribution < -0.4 is 5.32 Å². The number of hydrogen-bond acceptors (Lipinski definition) is 7. The van der Waals surface area contributed by atoms with Gasteiger partial charge in [0.15, 0.2) is 5.13 Å². The van der Waals surface area contributed by atoms with Crippen molar-refractivity contribution in [3.63, 3.8) is 0 Å². The third-order valence-electron chi connectivity index (χ3n) is 4.30. The van der Waals surface area contributed by atoms with Crippen LogP contribution in [0, 0.1) is 26.7 Å². The first-order valence-electron chi connectivity index (χ1n) is 10.2. The van der Waals surface area contributed by atoms with E-state index in [0.29, 0.717) is 6.54 Å². The minimum atomic E-state index is 0.639. The standard InChI is InChI=1S/C9H11N3S2.C7H13NO.C6H6.C2H2/c1-5-8(14-6(2)11-5)7-4-13-9(10-3)12-7;9-7-6-8-4-2-1-3-5-8;1-2-4-6-5-3-1;1-2/h4H,1-3H3,(H,10,12);7H,1-6H2;1-6H;1-2H. The molecular formula is C24H32N4OS2. The summed E-state index contributed by atoms with van der Waals surface area (Å²) in [6.07, 6.45) is 12.9. The van der Waals surface area contributed by atoms with Gasteiger partial charge in [0, 0.05) is 12.4 Å². The summed E-state index contributed by atoms with van der Waals surface area (Å²) < 4.78 is 0. The summed E-state index contributed by atoms with van der Waals surface area (Å²) in [4.78, 5) is 22.3. The summed E-state index contributed by atoms with van der Waals surface area (Å²) >= 11 is 3.32. The molecule has 3 aromatic rings. The van der Waals surface area contributed by atoms with Crippen LogP contribution in [0.15, 0.2) is 41.8 Å². The van der Waals surface area contributed by atoms with Gasteiger partial charge in [-0.3, -0.25) is 4.90 Å². The van der Waals surface area contributed by atoms with Crippen molar-refractivity contribution in [2.24, 2.45) is 0 Å². The summed E-state index contributed by atoms with van der Waals surface area (Å²) in [5.74, 6) is 0. The molecule has 166 valence electrons. The number of aryl methyl sites for hydroxylation is 2. The molecule has 0 bridgehead atoms. The van der Waals surface area contributed by atoms with Crippen molar-refractivity contribution >= 4 is 34.1 Å². The summed E-state index contributed by atoms with van der Waals surface area (Å²) in [5.41, 5.74) is 2.10. The molecule has 31 heavy (non-hydrogen) atoms. The molecule has 1 saturated heterocycles. The van der Waals surface area contributed by atoms with Crippen LogP contribution in [-0.4, -0.2) is 47.8 Å². The Kier molecular flexibility index (Phi) is 13.9. The fourth-order valence-corrected chi connectivity index (χ4v) is 4.51. The van der Waals surface area contributed by atoms with E-state index in [1.807, 2.05) is 57.3 Å². The second kappa shape index (κ2) is 16.2. The normalized spacial score (nSPS) is 12.7. The lowest BCUT2D eigenvalue weighted by Crippen LogP contribution is -2.31. The average Bonchev–Trinajstić information content (AvgIpc) is 3.43. The Morgan fingerprint density at radius 1 is 1.03 bits per heavy atom. The van der Waals surface area contributed by atoms with E-state index in [1.54, 1.807) is 22.7 Å². The van der Waals surface area contributed by atoms with Gasteiger partial charge >= 0.3 is 0 Å². The number of benzene rings is 1. The lowest BCUT2D eigenvalue weighted by molar-refractivity contribution is -0.109. The van der Waals surface area contributed by atoms with Crippen LogP contribution in [0.5, 0.6) is 0 Å². The number of nitrogens with one attached hydrogen (secondary N) is 1. The van der Waals surface area contributed by atoms with Crippen LogP contribution in [0.1, 0.15) is 30.0 Å². The van der Waals surface area contributed by atoms with Gasteiger partial charge in [-0.2, -0.15) is 0 Å². The van der Waals surface area contributed by atoms with Crippen molar-refractivity contribution in [2.45, 2.75) is 33.1 Å². The first-order chi connectivity index (χ1) is 15.1. The van der Waals surface area contributed by atoms with Gasteiger partial charge in [0.1, 0.15) is 6.29 Å². The molecule has 0 atom stereocenters. The van der Waals surface area contributed by atoms with Crippen LogP contribution in [0.4, 0.5) is 5.13 Å². The molecule has 3 heterocycles. The number of carbonyl (C=O) groups is 1. The zero-order valence-corrected chi connectivity index (χ0v) is 20.2. The van der Waals surface area contributed by atoms with Crippen LogP contribution in [0.2, 0.25) is 0 Å². The highest BCUT2D eigenvalue weighted by Crippen LogP contribution is 2.31. The number of nitrogens with zero attached hydrogens (tertiary/aromatic N) is 3. The Balaban J connectivity index is 0.000000243. The number of terminal acetylenes is 1. The van der Waals surface area contributed by atoms with Gasteiger partial charge in [0.05, 0.1) is 27.8 Å². The predicted octanol–water partition coefficient (Wildman–Crippen LogP) is 5.53. The van der Waals surface area contributed by atoms with E-state index in [2.05, 4.69) is 38.4 Å². The van der Waals surface area contributed by atoms with Gasteiger partial charge in [-0.25, -0.2) is 9.97 Å². The molecule has 0 amide bonds. The smallest absolute Gasteiger partial charge is 0.182 e. The fraction of sp³-hybridized carbons (Fsp3) is 0.375. The molecule has 1 aliphatic heterocycles. The van der Waals surface area contributed by atoms with Crippen molar-refractivity contribution in [3.8, 4) is 23.4 Å². The maximum atomic E-state index is 10.0. The lowest BCUT2D eigenvalue weighted by Gasteiger charge is -2.23. The largest absolute Gasteiger partial charge is 0.365 e. The van der Waals surface area contributed by atoms with E-state index in [9.17, 15) is 4.79 Å². The molecule has 1 N–H and O–H groups in total. The molecular weight excluding hydrogens is 424 g/mol. The van der Waals surface area contributed by atoms with Gasteiger partial charge in [-0.15, -0.1) is 35.5 Å². The van der Waals surface area contributed by atoms with E-state index >= 15 is 0 Å². The van der Waals surface area contributed by atoms with Gasteiger partial charge in [0.25, 0.3) is 0 Å². The molecule has 1 aliphatic rings. The summed E-state index contributed by atoms with van der Waals surface area (Å²) in [7, 11) is 1.88. The van der Waals surface area contributed by atoms with Crippen molar-refractivity contribution in [1.29, 1.82) is 0 Å². The number of anilines is 1. The number of rotatable bonds is 4. The highest BCUT2D eigenvalue weighted by Gasteiger charge is 2.10. The van der Waals surface area contributed by atoms with Crippen LogP contribution in [0.25, 0.3) is 10.6 Å². The number of piperidine rings is 1. The zero-order valence-electron chi connectivity index (χ0n) is 18.6. The highest BCUT2D eigenvalue weighted by atomic mass is 32.1. The third-order valence-corrected chi connectivity index (χ3v) is 6.26. The van der Waals surface area contributed by atoms with Crippen LogP contribution >= 0.6 is 22.7 Å². The number of likely N-dealkylation sites (tertiary alicyclic amines) is 1. The minimum absolute atomic E-state index is 0.639. The van der Waals surface area contributed by atoms with E-state index in [4.69, 9.17) is 0 Å². The quantitative estimate of drug-likeness (QED) is 0.413. The Hall–Kier alpha value is -2.53. The van der Waals surface area contributed by atoms with Gasteiger partial charge in [-0.1, -0.05) is 42.8 Å². The lowest BCUT2D eigenvalue weighted by atomic mass is 10.1. The number of aromatic nitrogens is 2. The first-order valence-corrected chi connectivity index (χ1v) is 11.9. The first kappa shape index (κ1) is 26.5. The second-order valence-corrected chi connectivity index (χ2v) is 8.68. The highest BCUT2D eigenvalue weighted by molar-refractivity contribution is 7.16. The number of carbonyl (C=O) groups excluding carboxylic acids is 1. The summed E-state index contributed by atoms with van der Waals surface area (Å²) in [6.45, 7) is 6.93. The number of aldehydes is 1. The molecule has 0 radical (unpaired) electrons. The molecule has 0 spiro atoms. The summed E-state index contributed by atoms with van der Waals surface area (Å²) in [6, 6.07) is 12.0. The Bertz CT molecular complexity index is 841. The topological polar surface area (TPSA) is 58.1 Å². The van der Waals surface area contributed by atoms with E-state index in [1.165, 1.54) is 24.1 Å². The van der Waals surface area contributed by atoms with Crippen LogP contribution in [-0.2, 0) is 4.79 Å². The van der Waals surface area contributed by atoms with Crippen molar-refractivity contribution < 1.29 is 4.79 Å². The molecule has 1 aromatic carbocycles. The molecule has 1 fully saturated rings. The molecule has 2 aromatic heterocycles. The van der Waals surface area contributed by atoms with E-state index < -0.39 is 0 Å².